The molecule has 1 aromatic rings. The molecule has 104 valence electrons. The van der Waals surface area contributed by atoms with Crippen LogP contribution in [0.1, 0.15) is 18.4 Å². The Balaban J connectivity index is 2.23. The number of carbonyl (C=O) groups excluding carboxylic acids is 1. The Kier molecular flexibility index (Phi) is 6.35. The first-order valence-electron chi connectivity index (χ1n) is 5.86. The fourth-order valence-electron chi connectivity index (χ4n) is 1.40. The molecule has 6 heteroatoms. The van der Waals surface area contributed by atoms with E-state index in [2.05, 4.69) is 21.2 Å². The van der Waals surface area contributed by atoms with Crippen molar-refractivity contribution in [2.24, 2.45) is 0 Å². The number of carboxylic acid groups (broad SMARTS) is 1. The van der Waals surface area contributed by atoms with Crippen LogP contribution in [0.15, 0.2) is 22.7 Å². The van der Waals surface area contributed by atoms with Crippen molar-refractivity contribution >= 4 is 27.8 Å². The molecule has 0 atom stereocenters. The van der Waals surface area contributed by atoms with E-state index < -0.39 is 5.97 Å². The van der Waals surface area contributed by atoms with Crippen molar-refractivity contribution in [2.75, 3.05) is 13.2 Å². The second-order valence-electron chi connectivity index (χ2n) is 4.06. The minimum atomic E-state index is -1.05. The van der Waals surface area contributed by atoms with Gasteiger partial charge in [-0.1, -0.05) is 6.07 Å². The number of amides is 1. The van der Waals surface area contributed by atoms with Gasteiger partial charge in [0.25, 0.3) is 0 Å². The average Bonchev–Trinajstić information content (AvgIpc) is 2.34. The predicted octanol–water partition coefficient (Wildman–Crippen LogP) is 2.12. The minimum absolute atomic E-state index is 0.247. The van der Waals surface area contributed by atoms with E-state index in [-0.39, 0.29) is 18.9 Å². The van der Waals surface area contributed by atoms with E-state index in [9.17, 15) is 9.59 Å². The molecule has 0 radical (unpaired) electrons. The number of halogens is 1. The van der Waals surface area contributed by atoms with Crippen molar-refractivity contribution in [3.63, 3.8) is 0 Å². The zero-order valence-corrected chi connectivity index (χ0v) is 12.2. The molecule has 0 aliphatic heterocycles. The monoisotopic (exact) mass is 329 g/mol. The van der Waals surface area contributed by atoms with Gasteiger partial charge in [-0.15, -0.1) is 0 Å². The molecule has 1 rings (SSSR count). The third kappa shape index (κ3) is 6.24. The summed E-state index contributed by atoms with van der Waals surface area (Å²) in [6.45, 7) is 2.05. The molecule has 0 aliphatic carbocycles. The van der Waals surface area contributed by atoms with E-state index in [0.29, 0.717) is 13.0 Å². The molecule has 0 fully saturated rings. The number of hydrogen-bond donors (Lipinski definition) is 2. The average molecular weight is 330 g/mol. The number of carbonyl (C=O) groups is 2. The van der Waals surface area contributed by atoms with Crippen molar-refractivity contribution in [2.45, 2.75) is 19.8 Å². The molecule has 2 N–H and O–H groups in total. The maximum absolute atomic E-state index is 11.2. The van der Waals surface area contributed by atoms with Gasteiger partial charge in [-0.3, -0.25) is 9.59 Å². The standard InChI is InChI=1S/C13H16BrNO4/c1-9-4-5-11(10(14)7-9)19-6-2-3-12(16)15-8-13(17)18/h4-5,7H,2-3,6,8H2,1H3,(H,15,16)(H,17,18). The molecule has 0 bridgehead atoms. The molecule has 19 heavy (non-hydrogen) atoms. The normalized spacial score (nSPS) is 10.0. The summed E-state index contributed by atoms with van der Waals surface area (Å²) in [5, 5.41) is 10.7. The van der Waals surface area contributed by atoms with Gasteiger partial charge in [-0.05, 0) is 47.0 Å². The van der Waals surface area contributed by atoms with Crippen LogP contribution in [-0.2, 0) is 9.59 Å². The van der Waals surface area contributed by atoms with Crippen LogP contribution in [0.2, 0.25) is 0 Å². The molecular formula is C13H16BrNO4. The smallest absolute Gasteiger partial charge is 0.322 e. The molecule has 1 aromatic carbocycles. The van der Waals surface area contributed by atoms with Crippen LogP contribution in [0.3, 0.4) is 0 Å². The van der Waals surface area contributed by atoms with Gasteiger partial charge in [-0.2, -0.15) is 0 Å². The maximum Gasteiger partial charge on any atom is 0.322 e. The number of rotatable bonds is 7. The Morgan fingerprint density at radius 3 is 2.79 bits per heavy atom. The fraction of sp³-hybridized carbons (Fsp3) is 0.385. The maximum atomic E-state index is 11.2. The Bertz CT molecular complexity index is 462. The zero-order valence-electron chi connectivity index (χ0n) is 10.6. The Hall–Kier alpha value is -1.56. The van der Waals surface area contributed by atoms with E-state index in [1.165, 1.54) is 0 Å². The first kappa shape index (κ1) is 15.5. The first-order valence-corrected chi connectivity index (χ1v) is 6.66. The lowest BCUT2D eigenvalue weighted by atomic mass is 10.2. The van der Waals surface area contributed by atoms with Gasteiger partial charge in [0.05, 0.1) is 11.1 Å². The Morgan fingerprint density at radius 2 is 2.16 bits per heavy atom. The number of aryl methyl sites for hydroxylation is 1. The van der Waals surface area contributed by atoms with E-state index in [4.69, 9.17) is 9.84 Å². The van der Waals surface area contributed by atoms with Crippen LogP contribution < -0.4 is 10.1 Å². The molecule has 1 amide bonds. The second kappa shape index (κ2) is 7.78. The van der Waals surface area contributed by atoms with E-state index in [1.807, 2.05) is 25.1 Å². The van der Waals surface area contributed by atoms with Gasteiger partial charge in [0.2, 0.25) is 5.91 Å². The van der Waals surface area contributed by atoms with Crippen LogP contribution >= 0.6 is 15.9 Å². The third-order valence-electron chi connectivity index (χ3n) is 2.33. The highest BCUT2D eigenvalue weighted by Gasteiger charge is 2.05. The number of carboxylic acids is 1. The van der Waals surface area contributed by atoms with Crippen molar-refractivity contribution in [3.05, 3.63) is 28.2 Å². The van der Waals surface area contributed by atoms with Gasteiger partial charge in [0, 0.05) is 6.42 Å². The quantitative estimate of drug-likeness (QED) is 0.751. The lowest BCUT2D eigenvalue weighted by molar-refractivity contribution is -0.137. The second-order valence-corrected chi connectivity index (χ2v) is 4.91. The van der Waals surface area contributed by atoms with Gasteiger partial charge in [0.1, 0.15) is 12.3 Å². The van der Waals surface area contributed by atoms with Crippen molar-refractivity contribution in [1.82, 2.24) is 5.32 Å². The van der Waals surface area contributed by atoms with Crippen LogP contribution in [-0.4, -0.2) is 30.1 Å². The largest absolute Gasteiger partial charge is 0.492 e. The van der Waals surface area contributed by atoms with Crippen LogP contribution in [0, 0.1) is 6.92 Å². The number of aliphatic carboxylic acids is 1. The fourth-order valence-corrected chi connectivity index (χ4v) is 2.01. The Morgan fingerprint density at radius 1 is 1.42 bits per heavy atom. The zero-order chi connectivity index (χ0) is 14.3. The van der Waals surface area contributed by atoms with Crippen LogP contribution in [0.5, 0.6) is 5.75 Å². The van der Waals surface area contributed by atoms with E-state index in [0.717, 1.165) is 15.8 Å². The van der Waals surface area contributed by atoms with Gasteiger partial charge in [-0.25, -0.2) is 0 Å². The third-order valence-corrected chi connectivity index (χ3v) is 2.95. The summed E-state index contributed by atoms with van der Waals surface area (Å²) in [6.07, 6.45) is 0.780. The molecule has 0 saturated carbocycles. The highest BCUT2D eigenvalue weighted by Crippen LogP contribution is 2.25. The lowest BCUT2D eigenvalue weighted by Crippen LogP contribution is -2.29. The topological polar surface area (TPSA) is 75.6 Å². The molecule has 0 heterocycles. The summed E-state index contributed by atoms with van der Waals surface area (Å²) in [4.78, 5) is 21.5. The highest BCUT2D eigenvalue weighted by atomic mass is 79.9. The van der Waals surface area contributed by atoms with Gasteiger partial charge in [0.15, 0.2) is 0 Å². The summed E-state index contributed by atoms with van der Waals surface area (Å²) in [7, 11) is 0. The van der Waals surface area contributed by atoms with Gasteiger partial charge < -0.3 is 15.2 Å². The van der Waals surface area contributed by atoms with E-state index >= 15 is 0 Å². The summed E-state index contributed by atoms with van der Waals surface area (Å²) >= 11 is 3.40. The molecule has 0 spiro atoms. The molecule has 0 unspecified atom stereocenters. The number of benzene rings is 1. The molecular weight excluding hydrogens is 314 g/mol. The SMILES string of the molecule is Cc1ccc(OCCCC(=O)NCC(=O)O)c(Br)c1. The first-order chi connectivity index (χ1) is 8.99. The summed E-state index contributed by atoms with van der Waals surface area (Å²) in [6, 6.07) is 5.76. The Labute approximate surface area is 120 Å². The minimum Gasteiger partial charge on any atom is -0.492 e. The van der Waals surface area contributed by atoms with Gasteiger partial charge >= 0.3 is 5.97 Å². The lowest BCUT2D eigenvalue weighted by Gasteiger charge is -2.08. The van der Waals surface area contributed by atoms with Crippen molar-refractivity contribution in [3.8, 4) is 5.75 Å². The van der Waals surface area contributed by atoms with E-state index in [1.54, 1.807) is 0 Å². The van der Waals surface area contributed by atoms with Crippen LogP contribution in [0.25, 0.3) is 0 Å². The van der Waals surface area contributed by atoms with Crippen molar-refractivity contribution < 1.29 is 19.4 Å². The van der Waals surface area contributed by atoms with Crippen molar-refractivity contribution in [1.29, 1.82) is 0 Å². The number of hydrogen-bond acceptors (Lipinski definition) is 3. The van der Waals surface area contributed by atoms with Crippen LogP contribution in [0.4, 0.5) is 0 Å². The summed E-state index contributed by atoms with van der Waals surface area (Å²) < 4.78 is 6.40. The molecule has 5 nitrogen and oxygen atoms in total. The number of nitrogens with one attached hydrogen (secondary N) is 1. The molecule has 0 saturated heterocycles. The predicted molar refractivity (Wildman–Crippen MR) is 74.3 cm³/mol. The number of ether oxygens (including phenoxy) is 1. The molecule has 0 aliphatic rings. The summed E-state index contributed by atoms with van der Waals surface area (Å²) in [5.41, 5.74) is 1.13. The summed E-state index contributed by atoms with van der Waals surface area (Å²) in [5.74, 6) is -0.598. The highest BCUT2D eigenvalue weighted by molar-refractivity contribution is 9.10. The molecule has 0 aromatic heterocycles.